The summed E-state index contributed by atoms with van der Waals surface area (Å²) in [5.74, 6) is 1.25. The molecule has 0 aliphatic carbocycles. The quantitative estimate of drug-likeness (QED) is 0.215. The van der Waals surface area contributed by atoms with Crippen molar-refractivity contribution in [3.8, 4) is 11.5 Å². The van der Waals surface area contributed by atoms with Crippen LogP contribution in [0.4, 0.5) is 0 Å². The summed E-state index contributed by atoms with van der Waals surface area (Å²) in [5.41, 5.74) is 5.05. The first-order valence-electron chi connectivity index (χ1n) is 11.4. The van der Waals surface area contributed by atoms with Gasteiger partial charge in [0.15, 0.2) is 5.76 Å². The molecule has 0 saturated heterocycles. The Kier molecular flexibility index (Phi) is 6.44. The minimum Gasteiger partial charge on any atom is -0.494 e. The fraction of sp³-hybridized carbons (Fsp3) is 0.103. The van der Waals surface area contributed by atoms with Crippen LogP contribution in [0.2, 0.25) is 0 Å². The normalized spacial score (nSPS) is 11.2. The third-order valence-corrected chi connectivity index (χ3v) is 5.50. The monoisotopic (exact) mass is 464 g/mol. The molecule has 0 spiro atoms. The molecule has 35 heavy (non-hydrogen) atoms. The number of carbonyl (C=O) groups is 1. The van der Waals surface area contributed by atoms with E-state index in [4.69, 9.17) is 13.9 Å². The first-order chi connectivity index (χ1) is 17.2. The second-order valence-electron chi connectivity index (χ2n) is 7.98. The predicted molar refractivity (Wildman–Crippen MR) is 137 cm³/mol. The second kappa shape index (κ2) is 10.1. The summed E-state index contributed by atoms with van der Waals surface area (Å²) in [6, 6.07) is 29.2. The third kappa shape index (κ3) is 5.33. The summed E-state index contributed by atoms with van der Waals surface area (Å²) in [5, 5.41) is 7.24. The van der Waals surface area contributed by atoms with Crippen LogP contribution in [0, 0.1) is 0 Å². The van der Waals surface area contributed by atoms with Crippen molar-refractivity contribution in [3.63, 3.8) is 0 Å². The Morgan fingerprint density at radius 3 is 2.49 bits per heavy atom. The van der Waals surface area contributed by atoms with Crippen molar-refractivity contribution in [1.82, 2.24) is 5.43 Å². The molecule has 0 unspecified atom stereocenters. The number of hydrogen-bond acceptors (Lipinski definition) is 5. The molecule has 0 atom stereocenters. The van der Waals surface area contributed by atoms with Crippen LogP contribution in [0.5, 0.6) is 11.5 Å². The van der Waals surface area contributed by atoms with E-state index in [0.29, 0.717) is 18.8 Å². The molecule has 174 valence electrons. The lowest BCUT2D eigenvalue weighted by molar-refractivity contribution is 0.0929. The highest BCUT2D eigenvalue weighted by Gasteiger charge is 2.12. The second-order valence-corrected chi connectivity index (χ2v) is 7.98. The van der Waals surface area contributed by atoms with E-state index in [1.165, 1.54) is 10.8 Å². The van der Waals surface area contributed by atoms with E-state index in [-0.39, 0.29) is 5.76 Å². The number of rotatable bonds is 8. The molecule has 1 amide bonds. The van der Waals surface area contributed by atoms with E-state index >= 15 is 0 Å². The largest absolute Gasteiger partial charge is 0.494 e. The van der Waals surface area contributed by atoms with Gasteiger partial charge in [-0.1, -0.05) is 36.4 Å². The van der Waals surface area contributed by atoms with Gasteiger partial charge >= 0.3 is 5.91 Å². The maximum atomic E-state index is 12.4. The maximum absolute atomic E-state index is 12.4. The summed E-state index contributed by atoms with van der Waals surface area (Å²) in [7, 11) is 0. The predicted octanol–water partition coefficient (Wildman–Crippen LogP) is 6.33. The van der Waals surface area contributed by atoms with Crippen molar-refractivity contribution in [2.45, 2.75) is 13.5 Å². The molecule has 4 aromatic carbocycles. The molecule has 1 N–H and O–H groups in total. The molecule has 1 aromatic heterocycles. The average Bonchev–Trinajstić information content (AvgIpc) is 3.32. The Hall–Kier alpha value is -4.58. The first-order valence-corrected chi connectivity index (χ1v) is 11.4. The lowest BCUT2D eigenvalue weighted by Crippen LogP contribution is -2.16. The first kappa shape index (κ1) is 22.2. The molecular formula is C29H24N2O4. The number of carbonyl (C=O) groups excluding carboxylic acids is 1. The molecule has 0 aliphatic rings. The average molecular weight is 465 g/mol. The van der Waals surface area contributed by atoms with Crippen molar-refractivity contribution >= 4 is 33.9 Å². The molecule has 5 aromatic rings. The van der Waals surface area contributed by atoms with Gasteiger partial charge in [0.25, 0.3) is 0 Å². The number of benzene rings is 4. The third-order valence-electron chi connectivity index (χ3n) is 5.50. The number of hydrazone groups is 1. The van der Waals surface area contributed by atoms with Crippen molar-refractivity contribution in [2.75, 3.05) is 6.61 Å². The van der Waals surface area contributed by atoms with Crippen LogP contribution in [0.25, 0.3) is 21.7 Å². The molecule has 0 radical (unpaired) electrons. The van der Waals surface area contributed by atoms with E-state index in [0.717, 1.165) is 28.0 Å². The minimum absolute atomic E-state index is 0.184. The smallest absolute Gasteiger partial charge is 0.307 e. The van der Waals surface area contributed by atoms with E-state index < -0.39 is 5.91 Å². The van der Waals surface area contributed by atoms with E-state index in [1.54, 1.807) is 18.3 Å². The Morgan fingerprint density at radius 2 is 1.66 bits per heavy atom. The zero-order valence-electron chi connectivity index (χ0n) is 19.2. The molecule has 6 nitrogen and oxygen atoms in total. The Balaban J connectivity index is 1.16. The van der Waals surface area contributed by atoms with Crippen LogP contribution in [-0.4, -0.2) is 18.7 Å². The molecule has 6 heteroatoms. The molecule has 1 heterocycles. The van der Waals surface area contributed by atoms with Crippen molar-refractivity contribution in [3.05, 3.63) is 108 Å². The van der Waals surface area contributed by atoms with Gasteiger partial charge in [-0.2, -0.15) is 5.10 Å². The van der Waals surface area contributed by atoms with Crippen LogP contribution in [0.15, 0.2) is 101 Å². The minimum atomic E-state index is -0.425. The summed E-state index contributed by atoms with van der Waals surface area (Å²) in [6.07, 6.45) is 1.57. The molecule has 5 rings (SSSR count). The van der Waals surface area contributed by atoms with Crippen molar-refractivity contribution < 1.29 is 18.7 Å². The van der Waals surface area contributed by atoms with E-state index in [2.05, 4.69) is 40.9 Å². The lowest BCUT2D eigenvalue weighted by atomic mass is 10.1. The molecule has 0 aliphatic heterocycles. The van der Waals surface area contributed by atoms with Gasteiger partial charge in [0.1, 0.15) is 23.7 Å². The standard InChI is InChI=1S/C29H24N2O4/c1-2-33-26-13-14-27-24(16-26)17-28(35-27)29(32)31-30-18-20-8-11-25(12-9-20)34-19-21-7-10-22-5-3-4-6-23(22)15-21/h3-18H,2,19H2,1H3,(H,31,32)/b30-18+. The topological polar surface area (TPSA) is 73.1 Å². The van der Waals surface area contributed by atoms with Gasteiger partial charge in [0.05, 0.1) is 12.8 Å². The van der Waals surface area contributed by atoms with Crippen LogP contribution in [0.3, 0.4) is 0 Å². The molecule has 0 saturated carbocycles. The Labute approximate surface area is 202 Å². The number of furan rings is 1. The number of amides is 1. The molecule has 0 fully saturated rings. The fourth-order valence-corrected chi connectivity index (χ4v) is 3.76. The lowest BCUT2D eigenvalue weighted by Gasteiger charge is -2.07. The van der Waals surface area contributed by atoms with Gasteiger partial charge in [-0.05, 0) is 83.4 Å². The van der Waals surface area contributed by atoms with Crippen LogP contribution in [0.1, 0.15) is 28.6 Å². The highest BCUT2D eigenvalue weighted by Crippen LogP contribution is 2.24. The Bertz CT molecular complexity index is 1500. The zero-order chi connectivity index (χ0) is 24.0. The number of nitrogens with one attached hydrogen (secondary N) is 1. The SMILES string of the molecule is CCOc1ccc2oc(C(=O)N/N=C/c3ccc(OCc4ccc5ccccc5c4)cc3)cc2c1. The van der Waals surface area contributed by atoms with Crippen LogP contribution in [-0.2, 0) is 6.61 Å². The summed E-state index contributed by atoms with van der Waals surface area (Å²) in [4.78, 5) is 12.4. The number of hydrogen-bond donors (Lipinski definition) is 1. The van der Waals surface area contributed by atoms with Crippen LogP contribution >= 0.6 is 0 Å². The van der Waals surface area contributed by atoms with Gasteiger partial charge in [-0.15, -0.1) is 0 Å². The Morgan fingerprint density at radius 1 is 0.857 bits per heavy atom. The highest BCUT2D eigenvalue weighted by molar-refractivity contribution is 5.96. The van der Waals surface area contributed by atoms with Gasteiger partial charge in [0, 0.05) is 5.39 Å². The highest BCUT2D eigenvalue weighted by atomic mass is 16.5. The van der Waals surface area contributed by atoms with Crippen molar-refractivity contribution in [2.24, 2.45) is 5.10 Å². The van der Waals surface area contributed by atoms with Crippen molar-refractivity contribution in [1.29, 1.82) is 0 Å². The van der Waals surface area contributed by atoms with E-state index in [1.807, 2.05) is 55.5 Å². The number of fused-ring (bicyclic) bond motifs is 2. The zero-order valence-corrected chi connectivity index (χ0v) is 19.2. The molecular weight excluding hydrogens is 440 g/mol. The number of ether oxygens (including phenoxy) is 2. The van der Waals surface area contributed by atoms with Gasteiger partial charge in [-0.3, -0.25) is 4.79 Å². The summed E-state index contributed by atoms with van der Waals surface area (Å²) < 4.78 is 17.0. The number of nitrogens with zero attached hydrogens (tertiary/aromatic N) is 1. The van der Waals surface area contributed by atoms with E-state index in [9.17, 15) is 4.79 Å². The van der Waals surface area contributed by atoms with Gasteiger partial charge in [-0.25, -0.2) is 5.43 Å². The molecule has 0 bridgehead atoms. The maximum Gasteiger partial charge on any atom is 0.307 e. The van der Waals surface area contributed by atoms with Gasteiger partial charge < -0.3 is 13.9 Å². The van der Waals surface area contributed by atoms with Crippen LogP contribution < -0.4 is 14.9 Å². The summed E-state index contributed by atoms with van der Waals surface area (Å²) >= 11 is 0. The van der Waals surface area contributed by atoms with Gasteiger partial charge in [0.2, 0.25) is 0 Å². The fourth-order valence-electron chi connectivity index (χ4n) is 3.76. The summed E-state index contributed by atoms with van der Waals surface area (Å²) in [6.45, 7) is 2.98.